The SMILES string of the molecule is CNC1C=Cn2cc(-c3ccc(O)c(F)c3)nc2N1. The fraction of sp³-hybridized carbons (Fsp3) is 0.154. The minimum Gasteiger partial charge on any atom is -0.505 e. The van der Waals surface area contributed by atoms with Gasteiger partial charge >= 0.3 is 0 Å². The molecule has 3 N–H and O–H groups in total. The number of fused-ring (bicyclic) bond motifs is 1. The van der Waals surface area contributed by atoms with Crippen molar-refractivity contribution >= 4 is 12.1 Å². The van der Waals surface area contributed by atoms with Crippen LogP contribution in [0, 0.1) is 5.82 Å². The molecule has 1 aliphatic rings. The van der Waals surface area contributed by atoms with Gasteiger partial charge in [-0.1, -0.05) is 0 Å². The van der Waals surface area contributed by atoms with Crippen LogP contribution in [-0.2, 0) is 0 Å². The summed E-state index contributed by atoms with van der Waals surface area (Å²) < 4.78 is 15.2. The minimum absolute atomic E-state index is 0.0271. The Morgan fingerprint density at radius 2 is 2.32 bits per heavy atom. The Kier molecular flexibility index (Phi) is 2.72. The van der Waals surface area contributed by atoms with Gasteiger partial charge in [0, 0.05) is 18.0 Å². The molecule has 0 amide bonds. The third-order valence-corrected chi connectivity index (χ3v) is 3.01. The number of halogens is 1. The van der Waals surface area contributed by atoms with Crippen molar-refractivity contribution < 1.29 is 9.50 Å². The molecule has 5 nitrogen and oxygen atoms in total. The lowest BCUT2D eigenvalue weighted by atomic mass is 10.1. The number of likely N-dealkylation sites (N-methyl/N-ethyl adjacent to an activating group) is 1. The van der Waals surface area contributed by atoms with Crippen molar-refractivity contribution in [2.75, 3.05) is 12.4 Å². The van der Waals surface area contributed by atoms with Crippen molar-refractivity contribution in [1.29, 1.82) is 0 Å². The van der Waals surface area contributed by atoms with Crippen LogP contribution in [0.2, 0.25) is 0 Å². The van der Waals surface area contributed by atoms with Crippen LogP contribution in [0.5, 0.6) is 5.75 Å². The molecule has 0 spiro atoms. The van der Waals surface area contributed by atoms with Crippen LogP contribution in [0.3, 0.4) is 0 Å². The fourth-order valence-corrected chi connectivity index (χ4v) is 1.95. The summed E-state index contributed by atoms with van der Waals surface area (Å²) in [4.78, 5) is 4.40. The number of phenols is 1. The number of benzene rings is 1. The standard InChI is InChI=1S/C13H13FN4O/c1-15-12-4-5-18-7-10(16-13(18)17-12)8-2-3-11(19)9(14)6-8/h2-7,12,15,19H,1H3,(H,16,17). The van der Waals surface area contributed by atoms with E-state index in [4.69, 9.17) is 0 Å². The van der Waals surface area contributed by atoms with Crippen molar-refractivity contribution in [3.05, 3.63) is 36.3 Å². The summed E-state index contributed by atoms with van der Waals surface area (Å²) in [6.45, 7) is 0. The van der Waals surface area contributed by atoms with Gasteiger partial charge in [-0.3, -0.25) is 9.88 Å². The van der Waals surface area contributed by atoms with E-state index in [9.17, 15) is 9.50 Å². The monoisotopic (exact) mass is 260 g/mol. The van der Waals surface area contributed by atoms with Gasteiger partial charge in [-0.2, -0.15) is 0 Å². The topological polar surface area (TPSA) is 62.1 Å². The fourth-order valence-electron chi connectivity index (χ4n) is 1.95. The lowest BCUT2D eigenvalue weighted by Crippen LogP contribution is -2.34. The third kappa shape index (κ3) is 2.06. The van der Waals surface area contributed by atoms with Gasteiger partial charge < -0.3 is 10.4 Å². The maximum Gasteiger partial charge on any atom is 0.209 e. The van der Waals surface area contributed by atoms with Crippen molar-refractivity contribution in [2.45, 2.75) is 6.17 Å². The van der Waals surface area contributed by atoms with E-state index in [0.717, 1.165) is 0 Å². The van der Waals surface area contributed by atoms with E-state index in [1.165, 1.54) is 12.1 Å². The molecule has 2 heterocycles. The van der Waals surface area contributed by atoms with E-state index in [1.807, 2.05) is 23.9 Å². The number of hydrogen-bond donors (Lipinski definition) is 3. The van der Waals surface area contributed by atoms with Gasteiger partial charge in [-0.15, -0.1) is 0 Å². The zero-order valence-electron chi connectivity index (χ0n) is 10.3. The van der Waals surface area contributed by atoms with E-state index in [-0.39, 0.29) is 11.9 Å². The van der Waals surface area contributed by atoms with E-state index in [2.05, 4.69) is 15.6 Å². The summed E-state index contributed by atoms with van der Waals surface area (Å²) in [5.74, 6) is -0.327. The predicted octanol–water partition coefficient (Wildman–Crippen LogP) is 1.84. The smallest absolute Gasteiger partial charge is 0.209 e. The molecule has 98 valence electrons. The van der Waals surface area contributed by atoms with Crippen molar-refractivity contribution in [2.24, 2.45) is 0 Å². The lowest BCUT2D eigenvalue weighted by Gasteiger charge is -2.18. The number of nitrogens with one attached hydrogen (secondary N) is 2. The maximum atomic E-state index is 13.3. The maximum absolute atomic E-state index is 13.3. The zero-order chi connectivity index (χ0) is 13.4. The molecule has 1 aromatic carbocycles. The highest BCUT2D eigenvalue weighted by Gasteiger charge is 2.15. The van der Waals surface area contributed by atoms with Crippen LogP contribution in [0.1, 0.15) is 0 Å². The first-order chi connectivity index (χ1) is 9.17. The molecule has 1 unspecified atom stereocenters. The molecule has 1 atom stereocenters. The number of nitrogens with zero attached hydrogens (tertiary/aromatic N) is 2. The molecular weight excluding hydrogens is 247 g/mol. The number of imidazole rings is 1. The quantitative estimate of drug-likeness (QED) is 0.771. The van der Waals surface area contributed by atoms with Gasteiger partial charge in [0.25, 0.3) is 0 Å². The van der Waals surface area contributed by atoms with Crippen LogP contribution < -0.4 is 10.6 Å². The first kappa shape index (κ1) is 11.7. The van der Waals surface area contributed by atoms with Crippen molar-refractivity contribution in [1.82, 2.24) is 14.9 Å². The van der Waals surface area contributed by atoms with Crippen molar-refractivity contribution in [3.8, 4) is 17.0 Å². The summed E-state index contributed by atoms with van der Waals surface area (Å²) in [6, 6.07) is 4.22. The van der Waals surface area contributed by atoms with Crippen LogP contribution >= 0.6 is 0 Å². The Hall–Kier alpha value is -2.34. The second kappa shape index (κ2) is 4.40. The molecule has 2 aromatic rings. The van der Waals surface area contributed by atoms with Crippen molar-refractivity contribution in [3.63, 3.8) is 0 Å². The van der Waals surface area contributed by atoms with E-state index in [1.54, 1.807) is 12.3 Å². The Bertz CT molecular complexity index is 650. The molecular formula is C13H13FN4O. The summed E-state index contributed by atoms with van der Waals surface area (Å²) >= 11 is 0. The summed E-state index contributed by atoms with van der Waals surface area (Å²) in [6.07, 6.45) is 5.67. The number of rotatable bonds is 2. The first-order valence-electron chi connectivity index (χ1n) is 5.87. The first-order valence-corrected chi connectivity index (χ1v) is 5.87. The van der Waals surface area contributed by atoms with Gasteiger partial charge in [0.1, 0.15) is 6.17 Å². The minimum atomic E-state index is -0.653. The number of aromatic nitrogens is 2. The molecule has 0 aliphatic carbocycles. The molecule has 0 fully saturated rings. The Morgan fingerprint density at radius 1 is 1.47 bits per heavy atom. The van der Waals surface area contributed by atoms with Crippen LogP contribution in [0.4, 0.5) is 10.3 Å². The average Bonchev–Trinajstić information content (AvgIpc) is 2.84. The summed E-state index contributed by atoms with van der Waals surface area (Å²) in [5, 5.41) is 15.4. The van der Waals surface area contributed by atoms with E-state index in [0.29, 0.717) is 17.2 Å². The third-order valence-electron chi connectivity index (χ3n) is 3.01. The van der Waals surface area contributed by atoms with Gasteiger partial charge in [-0.25, -0.2) is 9.37 Å². The van der Waals surface area contributed by atoms with Gasteiger partial charge in [0.05, 0.1) is 5.69 Å². The molecule has 0 saturated heterocycles. The molecule has 0 radical (unpaired) electrons. The second-order valence-corrected chi connectivity index (χ2v) is 4.28. The normalized spacial score (nSPS) is 17.1. The molecule has 1 aliphatic heterocycles. The number of phenolic OH excluding ortho intramolecular Hbond substituents is 1. The highest BCUT2D eigenvalue weighted by molar-refractivity contribution is 5.64. The summed E-state index contributed by atoms with van der Waals surface area (Å²) in [5.41, 5.74) is 1.26. The second-order valence-electron chi connectivity index (χ2n) is 4.28. The van der Waals surface area contributed by atoms with Crippen LogP contribution in [0.25, 0.3) is 17.5 Å². The highest BCUT2D eigenvalue weighted by Crippen LogP contribution is 2.26. The largest absolute Gasteiger partial charge is 0.505 e. The Morgan fingerprint density at radius 3 is 3.05 bits per heavy atom. The van der Waals surface area contributed by atoms with E-state index < -0.39 is 5.82 Å². The Labute approximate surface area is 109 Å². The van der Waals surface area contributed by atoms with E-state index >= 15 is 0 Å². The van der Waals surface area contributed by atoms with Gasteiger partial charge in [0.2, 0.25) is 5.95 Å². The summed E-state index contributed by atoms with van der Waals surface area (Å²) in [7, 11) is 1.84. The van der Waals surface area contributed by atoms with Gasteiger partial charge in [0.15, 0.2) is 11.6 Å². The van der Waals surface area contributed by atoms with Crippen LogP contribution in [0.15, 0.2) is 30.5 Å². The Balaban J connectivity index is 1.97. The molecule has 6 heteroatoms. The molecule has 0 saturated carbocycles. The lowest BCUT2D eigenvalue weighted by molar-refractivity contribution is 0.432. The predicted molar refractivity (Wildman–Crippen MR) is 71.1 cm³/mol. The molecule has 1 aromatic heterocycles. The average molecular weight is 260 g/mol. The van der Waals surface area contributed by atoms with Gasteiger partial charge in [-0.05, 0) is 31.3 Å². The zero-order valence-corrected chi connectivity index (χ0v) is 10.3. The molecule has 19 heavy (non-hydrogen) atoms. The highest BCUT2D eigenvalue weighted by atomic mass is 19.1. The number of aromatic hydroxyl groups is 1. The molecule has 3 rings (SSSR count). The molecule has 0 bridgehead atoms. The number of anilines is 1. The number of hydrogen-bond acceptors (Lipinski definition) is 4. The van der Waals surface area contributed by atoms with Crippen LogP contribution in [-0.4, -0.2) is 27.9 Å².